The number of benzene rings is 1. The van der Waals surface area contributed by atoms with Gasteiger partial charge in [-0.2, -0.15) is 0 Å². The highest BCUT2D eigenvalue weighted by Crippen LogP contribution is 2.20. The summed E-state index contributed by atoms with van der Waals surface area (Å²) in [6.45, 7) is 9.44. The number of likely N-dealkylation sites (tertiary alicyclic amines) is 1. The largest absolute Gasteiger partial charge is 0.354 e. The fraction of sp³-hybridized carbons (Fsp3) is 0.538. The zero-order valence-corrected chi connectivity index (χ0v) is 23.1. The molecular weight excluding hydrogens is 537 g/mol. The lowest BCUT2D eigenvalue weighted by molar-refractivity contribution is 0.134. The molecule has 2 atom stereocenters. The number of pyridine rings is 1. The molecule has 2 aliphatic heterocycles. The summed E-state index contributed by atoms with van der Waals surface area (Å²) in [6, 6.07) is 16.0. The van der Waals surface area contributed by atoms with Crippen LogP contribution in [-0.2, 0) is 13.1 Å². The number of halogens is 1. The smallest absolute Gasteiger partial charge is 0.191 e. The fourth-order valence-corrected chi connectivity index (χ4v) is 4.76. The lowest BCUT2D eigenvalue weighted by Crippen LogP contribution is -2.51. The molecule has 0 spiro atoms. The predicted octanol–water partition coefficient (Wildman–Crippen LogP) is 3.17. The molecule has 1 aromatic carbocycles. The van der Waals surface area contributed by atoms with E-state index in [4.69, 9.17) is 0 Å². The Morgan fingerprint density at radius 3 is 2.53 bits per heavy atom. The average molecular weight is 578 g/mol. The summed E-state index contributed by atoms with van der Waals surface area (Å²) in [4.78, 5) is 16.4. The van der Waals surface area contributed by atoms with Crippen molar-refractivity contribution in [3.63, 3.8) is 0 Å². The van der Waals surface area contributed by atoms with Crippen LogP contribution < -0.4 is 15.5 Å². The molecule has 0 bridgehead atoms. The van der Waals surface area contributed by atoms with Gasteiger partial charge in [-0.3, -0.25) is 9.89 Å². The second-order valence-electron chi connectivity index (χ2n) is 9.41. The minimum Gasteiger partial charge on any atom is -0.354 e. The fourth-order valence-electron chi connectivity index (χ4n) is 4.76. The Morgan fingerprint density at radius 1 is 1.06 bits per heavy atom. The van der Waals surface area contributed by atoms with E-state index in [1.54, 1.807) is 0 Å². The summed E-state index contributed by atoms with van der Waals surface area (Å²) < 4.78 is 0. The van der Waals surface area contributed by atoms with Gasteiger partial charge in [0.2, 0.25) is 0 Å². The summed E-state index contributed by atoms with van der Waals surface area (Å²) in [7, 11) is 4.03. The van der Waals surface area contributed by atoms with Crippen LogP contribution in [0.25, 0.3) is 0 Å². The molecule has 2 aliphatic rings. The Labute approximate surface area is 222 Å². The predicted molar refractivity (Wildman–Crippen MR) is 152 cm³/mol. The van der Waals surface area contributed by atoms with Crippen LogP contribution in [0, 0.1) is 0 Å². The SMILES string of the molecule is CN=C(NCc1ccnc(N2CCN(C)CC2)c1)NC1CCN(Cc2ccccc2)C(C)C1.I. The normalized spacial score (nSPS) is 22.2. The van der Waals surface area contributed by atoms with Crippen molar-refractivity contribution in [3.05, 3.63) is 59.8 Å². The van der Waals surface area contributed by atoms with Gasteiger partial charge in [0.15, 0.2) is 5.96 Å². The monoisotopic (exact) mass is 577 g/mol. The van der Waals surface area contributed by atoms with Crippen LogP contribution in [0.1, 0.15) is 30.9 Å². The number of hydrogen-bond acceptors (Lipinski definition) is 5. The zero-order chi connectivity index (χ0) is 23.0. The number of likely N-dealkylation sites (N-methyl/N-ethyl adjacent to an activating group) is 1. The Balaban J connectivity index is 0.00000324. The molecule has 7 nitrogen and oxygen atoms in total. The van der Waals surface area contributed by atoms with Gasteiger partial charge >= 0.3 is 0 Å². The molecule has 1 aromatic heterocycles. The van der Waals surface area contributed by atoms with Crippen LogP contribution in [0.4, 0.5) is 5.82 Å². The van der Waals surface area contributed by atoms with E-state index in [0.29, 0.717) is 12.1 Å². The Morgan fingerprint density at radius 2 is 1.82 bits per heavy atom. The molecule has 34 heavy (non-hydrogen) atoms. The van der Waals surface area contributed by atoms with Crippen molar-refractivity contribution in [2.75, 3.05) is 51.7 Å². The molecule has 2 unspecified atom stereocenters. The minimum absolute atomic E-state index is 0. The van der Waals surface area contributed by atoms with Gasteiger partial charge in [-0.05, 0) is 50.1 Å². The van der Waals surface area contributed by atoms with Crippen molar-refractivity contribution in [1.29, 1.82) is 0 Å². The van der Waals surface area contributed by atoms with E-state index in [-0.39, 0.29) is 24.0 Å². The second-order valence-corrected chi connectivity index (χ2v) is 9.41. The molecule has 8 heteroatoms. The second kappa shape index (κ2) is 13.3. The third kappa shape index (κ3) is 7.55. The number of aromatic nitrogens is 1. The first-order valence-corrected chi connectivity index (χ1v) is 12.2. The molecule has 2 aromatic rings. The van der Waals surface area contributed by atoms with Crippen LogP contribution in [0.15, 0.2) is 53.7 Å². The highest BCUT2D eigenvalue weighted by atomic mass is 127. The molecule has 4 rings (SSSR count). The van der Waals surface area contributed by atoms with Gasteiger partial charge in [0.05, 0.1) is 0 Å². The molecule has 0 aliphatic carbocycles. The third-order valence-electron chi connectivity index (χ3n) is 6.90. The van der Waals surface area contributed by atoms with Crippen molar-refractivity contribution in [2.24, 2.45) is 4.99 Å². The first-order chi connectivity index (χ1) is 16.1. The number of guanidine groups is 1. The van der Waals surface area contributed by atoms with Gasteiger partial charge in [0.1, 0.15) is 5.82 Å². The highest BCUT2D eigenvalue weighted by Gasteiger charge is 2.26. The van der Waals surface area contributed by atoms with E-state index in [1.165, 1.54) is 11.1 Å². The molecule has 2 fully saturated rings. The van der Waals surface area contributed by atoms with Gasteiger partial charge in [0, 0.05) is 71.1 Å². The van der Waals surface area contributed by atoms with Crippen LogP contribution in [0.2, 0.25) is 0 Å². The summed E-state index contributed by atoms with van der Waals surface area (Å²) in [5, 5.41) is 7.16. The van der Waals surface area contributed by atoms with Gasteiger partial charge in [-0.15, -0.1) is 24.0 Å². The molecule has 2 N–H and O–H groups in total. The van der Waals surface area contributed by atoms with E-state index < -0.39 is 0 Å². The van der Waals surface area contributed by atoms with Crippen molar-refractivity contribution in [3.8, 4) is 0 Å². The van der Waals surface area contributed by atoms with Crippen LogP contribution in [0.5, 0.6) is 0 Å². The summed E-state index contributed by atoms with van der Waals surface area (Å²) in [6.07, 6.45) is 4.17. The van der Waals surface area contributed by atoms with E-state index in [2.05, 4.69) is 91.7 Å². The maximum absolute atomic E-state index is 4.60. The van der Waals surface area contributed by atoms with E-state index in [1.807, 2.05) is 13.2 Å². The van der Waals surface area contributed by atoms with Crippen LogP contribution >= 0.6 is 24.0 Å². The number of aliphatic imine (C=N–C) groups is 1. The molecule has 0 radical (unpaired) electrons. The third-order valence-corrected chi connectivity index (χ3v) is 6.90. The van der Waals surface area contributed by atoms with Crippen molar-refractivity contribution in [2.45, 2.75) is 44.9 Å². The molecule has 2 saturated heterocycles. The minimum atomic E-state index is 0. The highest BCUT2D eigenvalue weighted by molar-refractivity contribution is 14.0. The van der Waals surface area contributed by atoms with Crippen LogP contribution in [0.3, 0.4) is 0 Å². The quantitative estimate of drug-likeness (QED) is 0.313. The maximum atomic E-state index is 4.60. The summed E-state index contributed by atoms with van der Waals surface area (Å²) in [5.74, 6) is 1.95. The summed E-state index contributed by atoms with van der Waals surface area (Å²) in [5.41, 5.74) is 2.62. The first-order valence-electron chi connectivity index (χ1n) is 12.2. The molecule has 186 valence electrons. The van der Waals surface area contributed by atoms with Gasteiger partial charge < -0.3 is 20.4 Å². The van der Waals surface area contributed by atoms with Crippen molar-refractivity contribution in [1.82, 2.24) is 25.4 Å². The number of piperidine rings is 1. The Hall–Kier alpha value is -1.91. The number of piperazine rings is 1. The van der Waals surface area contributed by atoms with E-state index in [9.17, 15) is 0 Å². The standard InChI is InChI=1S/C26H39N7.HI/c1-21-17-24(10-12-33(21)20-22-7-5-4-6-8-22)30-26(27-2)29-19-23-9-11-28-25(18-23)32-15-13-31(3)14-16-32;/h4-9,11,18,21,24H,10,12-17,19-20H2,1-3H3,(H2,27,29,30);1H. The Bertz CT molecular complexity index is 899. The average Bonchev–Trinajstić information content (AvgIpc) is 2.84. The van der Waals surface area contributed by atoms with E-state index in [0.717, 1.165) is 70.4 Å². The van der Waals surface area contributed by atoms with Gasteiger partial charge in [0.25, 0.3) is 0 Å². The molecule has 0 amide bonds. The topological polar surface area (TPSA) is 59.0 Å². The summed E-state index contributed by atoms with van der Waals surface area (Å²) >= 11 is 0. The lowest BCUT2D eigenvalue weighted by Gasteiger charge is -2.38. The number of hydrogen-bond donors (Lipinski definition) is 2. The maximum Gasteiger partial charge on any atom is 0.191 e. The van der Waals surface area contributed by atoms with Crippen LogP contribution in [-0.4, -0.2) is 79.6 Å². The van der Waals surface area contributed by atoms with Crippen molar-refractivity contribution < 1.29 is 0 Å². The molecular formula is C26H40IN7. The lowest BCUT2D eigenvalue weighted by atomic mass is 9.97. The number of anilines is 1. The molecule has 0 saturated carbocycles. The zero-order valence-electron chi connectivity index (χ0n) is 20.8. The Kier molecular flexibility index (Phi) is 10.4. The first kappa shape index (κ1) is 26.7. The number of rotatable bonds is 6. The van der Waals surface area contributed by atoms with Crippen molar-refractivity contribution >= 4 is 35.8 Å². The number of nitrogens with one attached hydrogen (secondary N) is 2. The van der Waals surface area contributed by atoms with Gasteiger partial charge in [-0.1, -0.05) is 30.3 Å². The molecule has 3 heterocycles. The number of nitrogens with zero attached hydrogens (tertiary/aromatic N) is 5. The van der Waals surface area contributed by atoms with E-state index >= 15 is 0 Å². The van der Waals surface area contributed by atoms with Gasteiger partial charge in [-0.25, -0.2) is 4.98 Å².